The largest absolute Gasteiger partial charge is 0.450 e. The van der Waals surface area contributed by atoms with E-state index in [1.54, 1.807) is 16.7 Å². The number of ether oxygens (including phenoxy) is 1. The van der Waals surface area contributed by atoms with Crippen LogP contribution in [0.2, 0.25) is 0 Å². The number of benzene rings is 1. The third-order valence-electron chi connectivity index (χ3n) is 5.79. The van der Waals surface area contributed by atoms with E-state index in [4.69, 9.17) is 4.74 Å². The number of hydrogen-bond acceptors (Lipinski definition) is 6. The Morgan fingerprint density at radius 2 is 1.56 bits per heavy atom. The summed E-state index contributed by atoms with van der Waals surface area (Å²) in [4.78, 5) is 39.2. The Morgan fingerprint density at radius 3 is 2.09 bits per heavy atom. The Bertz CT molecular complexity index is 934. The maximum Gasteiger partial charge on any atom is 0.409 e. The van der Waals surface area contributed by atoms with Crippen molar-refractivity contribution in [2.75, 3.05) is 45.9 Å². The van der Waals surface area contributed by atoms with Gasteiger partial charge in [0, 0.05) is 57.8 Å². The second-order valence-electron chi connectivity index (χ2n) is 7.87. The Morgan fingerprint density at radius 1 is 0.969 bits per heavy atom. The zero-order chi connectivity index (χ0) is 23.3. The molecule has 1 aromatic rings. The van der Waals surface area contributed by atoms with Crippen LogP contribution in [0.4, 0.5) is 4.79 Å². The summed E-state index contributed by atoms with van der Waals surface area (Å²) in [6.45, 7) is 5.80. The number of nitrogens with one attached hydrogen (secondary N) is 1. The van der Waals surface area contributed by atoms with Gasteiger partial charge >= 0.3 is 6.09 Å². The number of nitrogens with zero attached hydrogens (tertiary/aromatic N) is 3. The molecule has 32 heavy (non-hydrogen) atoms. The molecule has 2 heterocycles. The first-order chi connectivity index (χ1) is 15.2. The number of likely N-dealkylation sites (tertiary alicyclic amines) is 1. The first-order valence-electron chi connectivity index (χ1n) is 10.8. The van der Waals surface area contributed by atoms with Crippen LogP contribution in [0.5, 0.6) is 0 Å². The van der Waals surface area contributed by atoms with E-state index in [0.29, 0.717) is 51.2 Å². The molecule has 2 aliphatic rings. The third-order valence-corrected chi connectivity index (χ3v) is 7.71. The number of hydrogen-bond donors (Lipinski definition) is 1. The highest BCUT2D eigenvalue weighted by Crippen LogP contribution is 2.19. The van der Waals surface area contributed by atoms with E-state index in [1.165, 1.54) is 35.5 Å². The van der Waals surface area contributed by atoms with E-state index in [2.05, 4.69) is 5.32 Å². The molecular formula is C21H30N4O6S. The van der Waals surface area contributed by atoms with Crippen LogP contribution in [-0.2, 0) is 19.6 Å². The summed E-state index contributed by atoms with van der Waals surface area (Å²) >= 11 is 0. The van der Waals surface area contributed by atoms with Crippen molar-refractivity contribution in [2.45, 2.75) is 37.6 Å². The molecule has 0 bridgehead atoms. The van der Waals surface area contributed by atoms with Crippen molar-refractivity contribution in [1.29, 1.82) is 0 Å². The zero-order valence-corrected chi connectivity index (χ0v) is 19.3. The van der Waals surface area contributed by atoms with Crippen molar-refractivity contribution >= 4 is 27.9 Å². The van der Waals surface area contributed by atoms with Crippen LogP contribution in [0.25, 0.3) is 0 Å². The summed E-state index contributed by atoms with van der Waals surface area (Å²) in [7, 11) is -3.69. The lowest BCUT2D eigenvalue weighted by Gasteiger charge is -2.33. The summed E-state index contributed by atoms with van der Waals surface area (Å²) in [5.74, 6) is -0.345. The lowest BCUT2D eigenvalue weighted by atomic mass is 10.0. The van der Waals surface area contributed by atoms with Gasteiger partial charge in [0.15, 0.2) is 0 Å². The predicted octanol–water partition coefficient (Wildman–Crippen LogP) is 0.890. The molecule has 3 rings (SSSR count). The average molecular weight is 467 g/mol. The van der Waals surface area contributed by atoms with Crippen LogP contribution in [0.15, 0.2) is 29.2 Å². The third kappa shape index (κ3) is 5.57. The molecule has 0 aromatic heterocycles. The van der Waals surface area contributed by atoms with Crippen LogP contribution in [0.3, 0.4) is 0 Å². The maximum atomic E-state index is 12.9. The van der Waals surface area contributed by atoms with Crippen molar-refractivity contribution in [1.82, 2.24) is 19.4 Å². The molecule has 2 fully saturated rings. The summed E-state index contributed by atoms with van der Waals surface area (Å²) in [5, 5.41) is 2.95. The van der Waals surface area contributed by atoms with Crippen LogP contribution in [0.1, 0.15) is 37.0 Å². The zero-order valence-electron chi connectivity index (χ0n) is 18.5. The number of piperazine rings is 1. The van der Waals surface area contributed by atoms with Gasteiger partial charge in [-0.25, -0.2) is 13.2 Å². The maximum absolute atomic E-state index is 12.9. The topological polar surface area (TPSA) is 116 Å². The smallest absolute Gasteiger partial charge is 0.409 e. The molecule has 0 saturated carbocycles. The molecular weight excluding hydrogens is 436 g/mol. The molecule has 3 amide bonds. The highest BCUT2D eigenvalue weighted by atomic mass is 32.2. The lowest BCUT2D eigenvalue weighted by molar-refractivity contribution is -0.129. The van der Waals surface area contributed by atoms with Gasteiger partial charge in [-0.05, 0) is 44.0 Å². The molecule has 1 aromatic carbocycles. The Balaban J connectivity index is 1.54. The molecule has 10 nitrogen and oxygen atoms in total. The van der Waals surface area contributed by atoms with Crippen molar-refractivity contribution in [2.24, 2.45) is 0 Å². The molecule has 0 atom stereocenters. The fourth-order valence-electron chi connectivity index (χ4n) is 3.86. The predicted molar refractivity (Wildman–Crippen MR) is 117 cm³/mol. The van der Waals surface area contributed by atoms with E-state index < -0.39 is 10.0 Å². The van der Waals surface area contributed by atoms with E-state index in [-0.39, 0.29) is 41.9 Å². The Kier molecular flexibility index (Phi) is 7.73. The molecule has 2 aliphatic heterocycles. The van der Waals surface area contributed by atoms with Gasteiger partial charge < -0.3 is 19.9 Å². The SMILES string of the molecule is CCOC(=O)N1CCC(NC(=O)c2ccc(S(=O)(=O)N3CCN(C(C)=O)CC3)cc2)CC1. The average Bonchev–Trinajstić information content (AvgIpc) is 2.80. The van der Waals surface area contributed by atoms with Crippen molar-refractivity contribution in [3.8, 4) is 0 Å². The van der Waals surface area contributed by atoms with Crippen LogP contribution >= 0.6 is 0 Å². The standard InChI is InChI=1S/C21H30N4O6S/c1-3-31-21(28)24-10-8-18(9-11-24)22-20(27)17-4-6-19(7-5-17)32(29,30)25-14-12-23(13-15-25)16(2)26/h4-7,18H,3,8-15H2,1-2H3,(H,22,27). The number of sulfonamides is 1. The van der Waals surface area contributed by atoms with Crippen LogP contribution in [0, 0.1) is 0 Å². The highest BCUT2D eigenvalue weighted by molar-refractivity contribution is 7.89. The highest BCUT2D eigenvalue weighted by Gasteiger charge is 2.29. The molecule has 11 heteroatoms. The van der Waals surface area contributed by atoms with Gasteiger partial charge in [0.05, 0.1) is 11.5 Å². The normalized spacial score (nSPS) is 18.3. The minimum absolute atomic E-state index is 0.0610. The summed E-state index contributed by atoms with van der Waals surface area (Å²) < 4.78 is 32.1. The second-order valence-corrected chi connectivity index (χ2v) is 9.81. The number of rotatable bonds is 5. The van der Waals surface area contributed by atoms with Gasteiger partial charge in [-0.1, -0.05) is 0 Å². The van der Waals surface area contributed by atoms with Gasteiger partial charge in [0.2, 0.25) is 15.9 Å². The van der Waals surface area contributed by atoms with Gasteiger partial charge in [0.1, 0.15) is 0 Å². The fourth-order valence-corrected chi connectivity index (χ4v) is 5.28. The lowest BCUT2D eigenvalue weighted by Crippen LogP contribution is -2.49. The van der Waals surface area contributed by atoms with Crippen molar-refractivity contribution in [3.63, 3.8) is 0 Å². The second kappa shape index (κ2) is 10.3. The minimum Gasteiger partial charge on any atom is -0.450 e. The molecule has 0 unspecified atom stereocenters. The Labute approximate surface area is 188 Å². The molecule has 0 spiro atoms. The number of carbonyl (C=O) groups is 3. The minimum atomic E-state index is -3.69. The first kappa shape index (κ1) is 24.0. The number of carbonyl (C=O) groups excluding carboxylic acids is 3. The first-order valence-corrected chi connectivity index (χ1v) is 12.2. The summed E-state index contributed by atoms with van der Waals surface area (Å²) in [6, 6.07) is 5.81. The summed E-state index contributed by atoms with van der Waals surface area (Å²) in [5.41, 5.74) is 0.373. The monoisotopic (exact) mass is 466 g/mol. The molecule has 1 N–H and O–H groups in total. The number of amides is 3. The van der Waals surface area contributed by atoms with Gasteiger partial charge in [-0.3, -0.25) is 9.59 Å². The molecule has 2 saturated heterocycles. The fraction of sp³-hybridized carbons (Fsp3) is 0.571. The van der Waals surface area contributed by atoms with Crippen molar-refractivity contribution in [3.05, 3.63) is 29.8 Å². The van der Waals surface area contributed by atoms with Gasteiger partial charge in [-0.2, -0.15) is 4.31 Å². The number of piperidine rings is 1. The molecule has 176 valence electrons. The molecule has 0 radical (unpaired) electrons. The molecule has 0 aliphatic carbocycles. The van der Waals surface area contributed by atoms with Gasteiger partial charge in [-0.15, -0.1) is 0 Å². The van der Waals surface area contributed by atoms with E-state index in [0.717, 1.165) is 0 Å². The van der Waals surface area contributed by atoms with E-state index in [1.807, 2.05) is 0 Å². The van der Waals surface area contributed by atoms with Crippen molar-refractivity contribution < 1.29 is 27.5 Å². The quantitative estimate of drug-likeness (QED) is 0.689. The van der Waals surface area contributed by atoms with Gasteiger partial charge in [0.25, 0.3) is 5.91 Å². The van der Waals surface area contributed by atoms with Crippen LogP contribution < -0.4 is 5.32 Å². The summed E-state index contributed by atoms with van der Waals surface area (Å²) in [6.07, 6.45) is 0.920. The van der Waals surface area contributed by atoms with E-state index >= 15 is 0 Å². The van der Waals surface area contributed by atoms with E-state index in [9.17, 15) is 22.8 Å². The van der Waals surface area contributed by atoms with Crippen LogP contribution in [-0.4, -0.2) is 92.3 Å². The Hall–Kier alpha value is -2.66.